The first-order valence-electron chi connectivity index (χ1n) is 22.7. The number of nitrogens with zero attached hydrogens (tertiary/aromatic N) is 6. The zero-order valence-electron chi connectivity index (χ0n) is 38.0. The summed E-state index contributed by atoms with van der Waals surface area (Å²) in [6, 6.07) is 23.4. The summed E-state index contributed by atoms with van der Waals surface area (Å²) in [5.74, 6) is -1.68. The van der Waals surface area contributed by atoms with Crippen LogP contribution < -0.4 is 32.3 Å². The number of nitrogen functional groups attached to an aromatic ring is 1. The fourth-order valence-electron chi connectivity index (χ4n) is 9.25. The molecule has 0 aliphatic carbocycles. The Hall–Kier alpha value is -5.78. The maximum absolute atomic E-state index is 13.0. The van der Waals surface area contributed by atoms with Crippen LogP contribution in [0.25, 0.3) is 19.8 Å². The average molecular weight is 1010 g/mol. The molecule has 4 saturated heterocycles. The highest BCUT2D eigenvalue weighted by Gasteiger charge is 2.47. The van der Waals surface area contributed by atoms with Crippen LogP contribution in [0.3, 0.4) is 0 Å². The van der Waals surface area contributed by atoms with Gasteiger partial charge in [-0.05, 0) is 72.8 Å². The van der Waals surface area contributed by atoms with Gasteiger partial charge in [0.25, 0.3) is 5.91 Å². The van der Waals surface area contributed by atoms with Crippen molar-refractivity contribution in [2.24, 2.45) is 11.5 Å². The first kappa shape index (κ1) is 49.6. The Morgan fingerprint density at radius 3 is 1.48 bits per heavy atom. The molecule has 0 atom stereocenters. The van der Waals surface area contributed by atoms with Crippen molar-refractivity contribution in [2.45, 2.75) is 36.8 Å². The van der Waals surface area contributed by atoms with Crippen molar-refractivity contribution in [3.63, 3.8) is 0 Å². The van der Waals surface area contributed by atoms with E-state index in [0.717, 1.165) is 94.6 Å². The first-order valence-corrected chi connectivity index (χ1v) is 26.2. The number of carboxylic acid groups (broad SMARTS) is 1. The number of ether oxygens (including phenoxy) is 2. The van der Waals surface area contributed by atoms with E-state index >= 15 is 0 Å². The third-order valence-electron chi connectivity index (χ3n) is 13.0. The number of primary amides is 2. The van der Waals surface area contributed by atoms with E-state index in [1.54, 1.807) is 33.4 Å². The third kappa shape index (κ3) is 11.5. The zero-order chi connectivity index (χ0) is 48.4. The maximum atomic E-state index is 13.0. The van der Waals surface area contributed by atoms with Crippen molar-refractivity contribution >= 4 is 91.8 Å². The topological polar surface area (TPSA) is 236 Å². The highest BCUT2D eigenvalue weighted by Crippen LogP contribution is 2.37. The van der Waals surface area contributed by atoms with Gasteiger partial charge >= 0.3 is 5.97 Å². The number of morpholine rings is 2. The molecule has 2 aromatic carbocycles. The number of nitrogens with one attached hydrogen (secondary N) is 1. The molecule has 364 valence electrons. The number of aromatic nitrogens is 2. The van der Waals surface area contributed by atoms with Crippen molar-refractivity contribution in [3.8, 4) is 19.8 Å². The van der Waals surface area contributed by atoms with Crippen LogP contribution >= 0.6 is 45.3 Å². The molecule has 4 aliphatic rings. The van der Waals surface area contributed by atoms with Crippen molar-refractivity contribution in [3.05, 3.63) is 106 Å². The summed E-state index contributed by atoms with van der Waals surface area (Å²) in [4.78, 5) is 67.6. The van der Waals surface area contributed by atoms with Crippen molar-refractivity contribution in [2.75, 3.05) is 99.6 Å². The Labute approximate surface area is 416 Å². The van der Waals surface area contributed by atoms with Crippen LogP contribution in [-0.2, 0) is 19.1 Å². The Bertz CT molecular complexity index is 2650. The number of hydrogen-bond donors (Lipinski definition) is 5. The minimum absolute atomic E-state index is 0.119. The zero-order valence-corrected chi connectivity index (χ0v) is 41.3. The first-order chi connectivity index (χ1) is 33.5. The lowest BCUT2D eigenvalue weighted by molar-refractivity contribution is -0.136. The van der Waals surface area contributed by atoms with E-state index in [9.17, 15) is 19.2 Å². The molecule has 0 bridgehead atoms. The number of aromatic carboxylic acids is 1. The number of amides is 3. The average Bonchev–Trinajstić information content (AvgIpc) is 4.24. The van der Waals surface area contributed by atoms with Gasteiger partial charge in [-0.3, -0.25) is 24.2 Å². The van der Waals surface area contributed by atoms with E-state index < -0.39 is 17.0 Å². The molecule has 10 rings (SSSR count). The van der Waals surface area contributed by atoms with Gasteiger partial charge in [-0.15, -0.1) is 45.3 Å². The predicted octanol–water partition coefficient (Wildman–Crippen LogP) is 6.28. The number of carbonyl (C=O) groups excluding carboxylic acids is 3. The number of nitrogens with two attached hydrogens (primary N) is 3. The number of benzene rings is 2. The molecule has 6 aromatic rings. The van der Waals surface area contributed by atoms with Gasteiger partial charge in [0, 0.05) is 63.1 Å². The molecule has 8 N–H and O–H groups in total. The van der Waals surface area contributed by atoms with Gasteiger partial charge in [0.05, 0.1) is 58.9 Å². The Kier molecular flexibility index (Phi) is 16.4. The highest BCUT2D eigenvalue weighted by atomic mass is 32.1. The van der Waals surface area contributed by atoms with E-state index in [2.05, 4.69) is 34.9 Å². The molecule has 0 radical (unpaired) electrons. The molecule has 3 amide bonds. The van der Waals surface area contributed by atoms with E-state index in [4.69, 9.17) is 31.8 Å². The number of anilines is 4. The Balaban J connectivity index is 0.000000156. The van der Waals surface area contributed by atoms with Crippen LogP contribution in [0, 0.1) is 0 Å². The number of thiazole rings is 2. The monoisotopic (exact) mass is 1010 g/mol. The minimum atomic E-state index is -0.973. The third-order valence-corrected chi connectivity index (χ3v) is 16.8. The van der Waals surface area contributed by atoms with E-state index in [1.807, 2.05) is 83.6 Å². The van der Waals surface area contributed by atoms with Gasteiger partial charge in [-0.1, -0.05) is 36.4 Å². The minimum Gasteiger partial charge on any atom is -0.476 e. The maximum Gasteiger partial charge on any atom is 0.355 e. The van der Waals surface area contributed by atoms with Gasteiger partial charge in [0.2, 0.25) is 11.8 Å². The molecule has 4 aliphatic heterocycles. The molecule has 17 nitrogen and oxygen atoms in total. The summed E-state index contributed by atoms with van der Waals surface area (Å²) in [7, 11) is 0. The number of para-hydroxylation sites is 4. The lowest BCUT2D eigenvalue weighted by Gasteiger charge is -2.48. The van der Waals surface area contributed by atoms with Crippen LogP contribution in [0.2, 0.25) is 0 Å². The number of thiophene rings is 2. The quantitative estimate of drug-likeness (QED) is 0.0900. The lowest BCUT2D eigenvalue weighted by Crippen LogP contribution is -2.64. The highest BCUT2D eigenvalue weighted by molar-refractivity contribution is 7.20. The molecule has 21 heteroatoms. The van der Waals surface area contributed by atoms with Crippen LogP contribution in [-0.4, -0.2) is 138 Å². The van der Waals surface area contributed by atoms with E-state index in [1.165, 1.54) is 22.7 Å². The predicted molar refractivity (Wildman–Crippen MR) is 275 cm³/mol. The van der Waals surface area contributed by atoms with Gasteiger partial charge in [0.1, 0.15) is 26.8 Å². The van der Waals surface area contributed by atoms with E-state index in [0.29, 0.717) is 58.1 Å². The number of hydrogen-bond acceptors (Lipinski definition) is 17. The normalized spacial score (nSPS) is 18.2. The molecule has 8 heterocycles. The van der Waals surface area contributed by atoms with E-state index in [-0.39, 0.29) is 23.4 Å². The van der Waals surface area contributed by atoms with Crippen molar-refractivity contribution in [1.82, 2.24) is 19.8 Å². The number of carboxylic acids is 1. The summed E-state index contributed by atoms with van der Waals surface area (Å²) in [5.41, 5.74) is 20.6. The molecule has 4 fully saturated rings. The second kappa shape index (κ2) is 22.8. The SMILES string of the molecule is NC(=O)C1(N2CCOCC2)CCN(c2ccccc2N)CC1.NC(=O)C1(N2CCOCC2)CCN(c2ccccc2NC(=O)c2csc(-c3cccs3)n2)CC1.O=C(O)c1csc(-c2cccs2)n1. The standard InChI is InChI=1S/C24H27N5O3S2.C16H24N4O2.C8H5NO2S2/c25-23(31)24(29-11-13-32-14-12-29)7-9-28(10-8-24)19-5-2-1-4-17(19)26-21(30)18-16-34-22(27-18)20-6-3-15-33-20;17-13-3-1-2-4-14(13)19-7-5-16(6-8-19,15(18)21)20-9-11-22-12-10-20;10-8(11)5-4-13-7(9-5)6-2-1-3-12-6/h1-6,15-16H,7-14H2,(H2,25,31)(H,26,30);1-4H,5-12,17H2,(H2,18,21);1-4H,(H,10,11). The second-order valence-electron chi connectivity index (χ2n) is 16.8. The summed E-state index contributed by atoms with van der Waals surface area (Å²) in [6.45, 7) is 8.49. The van der Waals surface area contributed by atoms with Crippen LogP contribution in [0.1, 0.15) is 46.7 Å². The van der Waals surface area contributed by atoms with Crippen LogP contribution in [0.4, 0.5) is 22.7 Å². The number of carbonyl (C=O) groups is 4. The van der Waals surface area contributed by atoms with Gasteiger partial charge in [-0.2, -0.15) is 0 Å². The van der Waals surface area contributed by atoms with Crippen molar-refractivity contribution in [1.29, 1.82) is 0 Å². The van der Waals surface area contributed by atoms with Gasteiger partial charge in [-0.25, -0.2) is 14.8 Å². The summed E-state index contributed by atoms with van der Waals surface area (Å²) >= 11 is 5.98. The summed E-state index contributed by atoms with van der Waals surface area (Å²) < 4.78 is 10.9. The summed E-state index contributed by atoms with van der Waals surface area (Å²) in [5, 5.41) is 20.6. The lowest BCUT2D eigenvalue weighted by atomic mass is 9.84. The van der Waals surface area contributed by atoms with Gasteiger partial charge in [0.15, 0.2) is 5.69 Å². The van der Waals surface area contributed by atoms with Crippen molar-refractivity contribution < 1.29 is 33.8 Å². The molecule has 0 spiro atoms. The molecule has 4 aromatic heterocycles. The fraction of sp³-hybridized carbons (Fsp3) is 0.375. The van der Waals surface area contributed by atoms with Crippen LogP contribution in [0.5, 0.6) is 0 Å². The molecule has 0 unspecified atom stereocenters. The smallest absolute Gasteiger partial charge is 0.355 e. The Morgan fingerprint density at radius 1 is 0.580 bits per heavy atom. The molecule has 69 heavy (non-hydrogen) atoms. The fourth-order valence-corrected chi connectivity index (χ4v) is 12.5. The van der Waals surface area contributed by atoms with Gasteiger partial charge < -0.3 is 46.9 Å². The number of piperidine rings is 2. The molecule has 0 saturated carbocycles. The summed E-state index contributed by atoms with van der Waals surface area (Å²) in [6.07, 6.45) is 2.75. The molecular formula is C48H56N10O7S4. The largest absolute Gasteiger partial charge is 0.476 e. The number of rotatable bonds is 11. The molecular weight excluding hydrogens is 957 g/mol. The Morgan fingerprint density at radius 2 is 1.03 bits per heavy atom. The van der Waals surface area contributed by atoms with Crippen LogP contribution in [0.15, 0.2) is 94.3 Å². The second-order valence-corrected chi connectivity index (χ2v) is 20.4.